The van der Waals surface area contributed by atoms with Crippen LogP contribution in [-0.2, 0) is 14.2 Å². The number of ether oxygens (including phenoxy) is 3. The molecule has 0 radical (unpaired) electrons. The Morgan fingerprint density at radius 1 is 1.50 bits per heavy atom. The highest BCUT2D eigenvalue weighted by atomic mass is 32.2. The summed E-state index contributed by atoms with van der Waals surface area (Å²) in [5.74, 6) is 0. The highest BCUT2D eigenvalue weighted by Gasteiger charge is 2.30. The average Bonchev–Trinajstić information content (AvgIpc) is 2.65. The van der Waals surface area contributed by atoms with Crippen molar-refractivity contribution < 1.29 is 19.3 Å². The summed E-state index contributed by atoms with van der Waals surface area (Å²) in [7, 11) is 0. The molecule has 0 spiro atoms. The Morgan fingerprint density at radius 3 is 2.56 bits per heavy atom. The highest BCUT2D eigenvalue weighted by Crippen LogP contribution is 2.27. The molecule has 94 valence electrons. The van der Waals surface area contributed by atoms with E-state index in [4.69, 9.17) is 26.4 Å². The third-order valence-corrected chi connectivity index (χ3v) is 3.65. The van der Waals surface area contributed by atoms with Gasteiger partial charge in [0.25, 0.3) is 0 Å². The molecule has 1 rings (SSSR count). The second-order valence-electron chi connectivity index (χ2n) is 3.36. The Morgan fingerprint density at radius 2 is 2.12 bits per heavy atom. The number of rotatable bonds is 7. The molecule has 0 aromatic heterocycles. The molecule has 16 heavy (non-hydrogen) atoms. The lowest BCUT2D eigenvalue weighted by Gasteiger charge is -2.22. The topological polar surface area (TPSA) is 47.9 Å². The van der Waals surface area contributed by atoms with Crippen LogP contribution in [0.25, 0.3) is 0 Å². The molecule has 0 bridgehead atoms. The summed E-state index contributed by atoms with van der Waals surface area (Å²) >= 11 is 6.30. The van der Waals surface area contributed by atoms with Gasteiger partial charge in [0.15, 0.2) is 6.29 Å². The van der Waals surface area contributed by atoms with Crippen LogP contribution < -0.4 is 0 Å². The van der Waals surface area contributed by atoms with E-state index in [2.05, 4.69) is 0 Å². The van der Waals surface area contributed by atoms with Crippen LogP contribution in [-0.4, -0.2) is 47.0 Å². The zero-order valence-electron chi connectivity index (χ0n) is 9.55. The quantitative estimate of drug-likeness (QED) is 0.557. The van der Waals surface area contributed by atoms with Crippen LogP contribution in [0, 0.1) is 0 Å². The third kappa shape index (κ3) is 4.55. The van der Waals surface area contributed by atoms with Gasteiger partial charge in [0.05, 0.1) is 11.4 Å². The Bertz CT molecular complexity index is 219. The first kappa shape index (κ1) is 14.2. The fourth-order valence-electron chi connectivity index (χ4n) is 1.44. The highest BCUT2D eigenvalue weighted by molar-refractivity contribution is 8.23. The van der Waals surface area contributed by atoms with Crippen molar-refractivity contribution in [3.05, 3.63) is 0 Å². The summed E-state index contributed by atoms with van der Waals surface area (Å²) in [5, 5.41) is 9.97. The molecule has 4 nitrogen and oxygen atoms in total. The summed E-state index contributed by atoms with van der Waals surface area (Å²) in [6.45, 7) is 5.42. The average molecular weight is 266 g/mol. The van der Waals surface area contributed by atoms with Gasteiger partial charge < -0.3 is 19.3 Å². The van der Waals surface area contributed by atoms with E-state index in [0.29, 0.717) is 30.6 Å². The van der Waals surface area contributed by atoms with E-state index in [-0.39, 0.29) is 11.5 Å². The first-order valence-electron chi connectivity index (χ1n) is 5.42. The van der Waals surface area contributed by atoms with Crippen molar-refractivity contribution in [3.63, 3.8) is 0 Å². The minimum absolute atomic E-state index is 0.00378. The maximum atomic E-state index is 9.97. The van der Waals surface area contributed by atoms with Crippen LogP contribution in [0.5, 0.6) is 0 Å². The number of thioether (sulfide) groups is 1. The van der Waals surface area contributed by atoms with Crippen molar-refractivity contribution in [1.82, 2.24) is 0 Å². The predicted octanol–water partition coefficient (Wildman–Crippen LogP) is 1.55. The summed E-state index contributed by atoms with van der Waals surface area (Å²) in [5.41, 5.74) is 0. The molecule has 2 atom stereocenters. The Balaban J connectivity index is 2.34. The van der Waals surface area contributed by atoms with Gasteiger partial charge in [-0.15, -0.1) is 0 Å². The molecule has 1 N–H and O–H groups in total. The van der Waals surface area contributed by atoms with Crippen molar-refractivity contribution in [2.75, 3.05) is 19.8 Å². The van der Waals surface area contributed by atoms with Gasteiger partial charge in [-0.05, 0) is 26.1 Å². The Hall–Kier alpha value is 0.120. The number of aliphatic hydroxyl groups is 1. The monoisotopic (exact) mass is 266 g/mol. The van der Waals surface area contributed by atoms with Crippen molar-refractivity contribution in [2.24, 2.45) is 0 Å². The smallest absolute Gasteiger partial charge is 0.220 e. The van der Waals surface area contributed by atoms with E-state index in [9.17, 15) is 5.11 Å². The fourth-order valence-corrected chi connectivity index (χ4v) is 2.66. The Kier molecular flexibility index (Phi) is 6.60. The zero-order chi connectivity index (χ0) is 12.0. The Labute approximate surface area is 106 Å². The van der Waals surface area contributed by atoms with Crippen molar-refractivity contribution in [3.8, 4) is 0 Å². The first-order chi connectivity index (χ1) is 7.67. The van der Waals surface area contributed by atoms with Crippen molar-refractivity contribution in [2.45, 2.75) is 37.9 Å². The molecule has 0 amide bonds. The molecule has 0 aliphatic carbocycles. The fraction of sp³-hybridized carbons (Fsp3) is 0.900. The van der Waals surface area contributed by atoms with Gasteiger partial charge in [-0.2, -0.15) is 0 Å². The molecular formula is C10H18O4S2. The number of hydrogen-bond acceptors (Lipinski definition) is 6. The number of hydrogen-bond donors (Lipinski definition) is 1. The molecule has 6 heteroatoms. The minimum atomic E-state index is -0.520. The molecule has 0 aromatic carbocycles. The molecule has 1 aliphatic heterocycles. The van der Waals surface area contributed by atoms with Gasteiger partial charge >= 0.3 is 0 Å². The second kappa shape index (κ2) is 7.45. The summed E-state index contributed by atoms with van der Waals surface area (Å²) in [6, 6.07) is 0. The largest absolute Gasteiger partial charge is 0.477 e. The van der Waals surface area contributed by atoms with Crippen molar-refractivity contribution in [1.29, 1.82) is 0 Å². The zero-order valence-corrected chi connectivity index (χ0v) is 11.2. The maximum absolute atomic E-state index is 9.97. The number of aliphatic hydroxyl groups excluding tert-OH is 1. The van der Waals surface area contributed by atoms with Gasteiger partial charge in [0, 0.05) is 19.6 Å². The predicted molar refractivity (Wildman–Crippen MR) is 67.6 cm³/mol. The van der Waals surface area contributed by atoms with Crippen LogP contribution in [0.3, 0.4) is 0 Å². The van der Waals surface area contributed by atoms with E-state index in [1.54, 1.807) is 0 Å². The molecule has 0 saturated carbocycles. The van der Waals surface area contributed by atoms with E-state index < -0.39 is 6.10 Å². The van der Waals surface area contributed by atoms with Gasteiger partial charge in [-0.25, -0.2) is 0 Å². The lowest BCUT2D eigenvalue weighted by atomic mass is 10.2. The van der Waals surface area contributed by atoms with E-state index >= 15 is 0 Å². The summed E-state index contributed by atoms with van der Waals surface area (Å²) in [4.78, 5) is 0. The molecule has 2 unspecified atom stereocenters. The first-order valence-corrected chi connectivity index (χ1v) is 6.70. The van der Waals surface area contributed by atoms with E-state index in [1.807, 2.05) is 13.8 Å². The molecule has 0 aromatic rings. The summed E-state index contributed by atoms with van der Waals surface area (Å²) in [6.07, 6.45) is -0.418. The second-order valence-corrected chi connectivity index (χ2v) is 5.20. The SMILES string of the molecule is CCOC(CC(O)C1COC(=S)S1)OCC. The van der Waals surface area contributed by atoms with Gasteiger partial charge in [0.2, 0.25) is 4.38 Å². The van der Waals surface area contributed by atoms with Crippen LogP contribution in [0.15, 0.2) is 0 Å². The lowest BCUT2D eigenvalue weighted by Crippen LogP contribution is -2.31. The van der Waals surface area contributed by atoms with Crippen LogP contribution in [0.4, 0.5) is 0 Å². The van der Waals surface area contributed by atoms with Gasteiger partial charge in [-0.3, -0.25) is 0 Å². The molecule has 1 fully saturated rings. The molecular weight excluding hydrogens is 248 g/mol. The van der Waals surface area contributed by atoms with E-state index in [0.717, 1.165) is 0 Å². The van der Waals surface area contributed by atoms with Crippen molar-refractivity contribution >= 4 is 28.4 Å². The molecule has 1 saturated heterocycles. The minimum Gasteiger partial charge on any atom is -0.477 e. The van der Waals surface area contributed by atoms with E-state index in [1.165, 1.54) is 11.8 Å². The van der Waals surface area contributed by atoms with Gasteiger partial charge in [0.1, 0.15) is 6.61 Å². The summed E-state index contributed by atoms with van der Waals surface area (Å²) < 4.78 is 16.4. The van der Waals surface area contributed by atoms with Crippen LogP contribution in [0.1, 0.15) is 20.3 Å². The third-order valence-electron chi connectivity index (χ3n) is 2.18. The molecule has 1 heterocycles. The van der Waals surface area contributed by atoms with Crippen LogP contribution >= 0.6 is 24.0 Å². The van der Waals surface area contributed by atoms with Gasteiger partial charge in [-0.1, -0.05) is 11.8 Å². The van der Waals surface area contributed by atoms with Crippen LogP contribution in [0.2, 0.25) is 0 Å². The lowest BCUT2D eigenvalue weighted by molar-refractivity contribution is -0.152. The molecule has 1 aliphatic rings. The normalized spacial score (nSPS) is 22.5. The maximum Gasteiger partial charge on any atom is 0.220 e. The number of thiocarbonyl (C=S) groups is 1. The standard InChI is InChI=1S/C10H18O4S2/c1-3-12-9(13-4-2)5-7(11)8-6-14-10(15)16-8/h7-9,11H,3-6H2,1-2H3.